The predicted molar refractivity (Wildman–Crippen MR) is 50.0 cm³/mol. The van der Waals surface area contributed by atoms with Crippen molar-refractivity contribution in [3.63, 3.8) is 0 Å². The van der Waals surface area contributed by atoms with E-state index in [1.165, 1.54) is 6.20 Å². The fourth-order valence-corrected chi connectivity index (χ4v) is 1.38. The molecule has 6 heteroatoms. The summed E-state index contributed by atoms with van der Waals surface area (Å²) < 4.78 is 0. The molecule has 6 nitrogen and oxygen atoms in total. The zero-order valence-corrected chi connectivity index (χ0v) is 7.40. The van der Waals surface area contributed by atoms with Gasteiger partial charge in [-0.2, -0.15) is 5.10 Å². The molecule has 0 unspecified atom stereocenters. The maximum absolute atomic E-state index is 10.8. The molecule has 0 fully saturated rings. The smallest absolute Gasteiger partial charge is 0.337 e. The molecule has 0 spiro atoms. The molecule has 2 aromatic heterocycles. The van der Waals surface area contributed by atoms with Crippen molar-refractivity contribution in [1.82, 2.24) is 15.2 Å². The summed E-state index contributed by atoms with van der Waals surface area (Å²) in [4.78, 5) is 14.7. The van der Waals surface area contributed by atoms with Crippen LogP contribution in [0.2, 0.25) is 0 Å². The Hall–Kier alpha value is -2.11. The molecular weight excluding hydrogens is 184 g/mol. The SMILES string of the molecule is Cc1c(C(=O)O)cnc2n[nH]c(N)c12. The third kappa shape index (κ3) is 1.00. The summed E-state index contributed by atoms with van der Waals surface area (Å²) in [7, 11) is 0. The lowest BCUT2D eigenvalue weighted by molar-refractivity contribution is 0.0696. The number of pyridine rings is 1. The molecule has 0 aliphatic heterocycles. The van der Waals surface area contributed by atoms with Gasteiger partial charge in [-0.3, -0.25) is 5.10 Å². The average Bonchev–Trinajstić information content (AvgIpc) is 2.48. The van der Waals surface area contributed by atoms with Gasteiger partial charge >= 0.3 is 5.97 Å². The standard InChI is InChI=1S/C8H8N4O2/c1-3-4(8(13)14)2-10-7-5(3)6(9)11-12-7/h2H,1H3,(H,13,14)(H3,9,10,11,12). The molecule has 0 amide bonds. The third-order valence-electron chi connectivity index (χ3n) is 2.10. The van der Waals surface area contributed by atoms with Gasteiger partial charge in [-0.15, -0.1) is 0 Å². The van der Waals surface area contributed by atoms with Gasteiger partial charge in [0.1, 0.15) is 5.82 Å². The van der Waals surface area contributed by atoms with Crippen molar-refractivity contribution in [2.75, 3.05) is 5.73 Å². The summed E-state index contributed by atoms with van der Waals surface area (Å²) in [6.45, 7) is 1.68. The number of aromatic nitrogens is 3. The summed E-state index contributed by atoms with van der Waals surface area (Å²) in [5.74, 6) is -0.675. The van der Waals surface area contributed by atoms with Crippen LogP contribution in [-0.2, 0) is 0 Å². The zero-order valence-electron chi connectivity index (χ0n) is 7.40. The quantitative estimate of drug-likeness (QED) is 0.611. The normalized spacial score (nSPS) is 10.6. The second-order valence-electron chi connectivity index (χ2n) is 2.94. The summed E-state index contributed by atoms with van der Waals surface area (Å²) >= 11 is 0. The van der Waals surface area contributed by atoms with E-state index < -0.39 is 5.97 Å². The lowest BCUT2D eigenvalue weighted by Crippen LogP contribution is -2.01. The van der Waals surface area contributed by atoms with Gasteiger partial charge < -0.3 is 10.8 Å². The van der Waals surface area contributed by atoms with Crippen LogP contribution >= 0.6 is 0 Å². The number of fused-ring (bicyclic) bond motifs is 1. The minimum absolute atomic E-state index is 0.144. The van der Waals surface area contributed by atoms with Crippen molar-refractivity contribution in [3.05, 3.63) is 17.3 Å². The minimum Gasteiger partial charge on any atom is -0.478 e. The highest BCUT2D eigenvalue weighted by atomic mass is 16.4. The molecule has 72 valence electrons. The van der Waals surface area contributed by atoms with Crippen LogP contribution < -0.4 is 5.73 Å². The molecule has 0 aromatic carbocycles. The molecule has 0 aliphatic rings. The van der Waals surface area contributed by atoms with Gasteiger partial charge in [0.15, 0.2) is 5.65 Å². The van der Waals surface area contributed by atoms with Crippen LogP contribution in [0.4, 0.5) is 5.82 Å². The summed E-state index contributed by atoms with van der Waals surface area (Å²) in [6, 6.07) is 0. The van der Waals surface area contributed by atoms with Crippen LogP contribution in [0, 0.1) is 6.92 Å². The monoisotopic (exact) mass is 192 g/mol. The maximum Gasteiger partial charge on any atom is 0.337 e. The van der Waals surface area contributed by atoms with Gasteiger partial charge in [0, 0.05) is 6.20 Å². The number of aromatic carboxylic acids is 1. The van der Waals surface area contributed by atoms with Crippen LogP contribution in [0.5, 0.6) is 0 Å². The number of rotatable bonds is 1. The molecule has 0 radical (unpaired) electrons. The van der Waals surface area contributed by atoms with E-state index in [-0.39, 0.29) is 5.56 Å². The molecule has 2 aromatic rings. The van der Waals surface area contributed by atoms with Gasteiger partial charge in [-0.1, -0.05) is 0 Å². The topological polar surface area (TPSA) is 105 Å². The van der Waals surface area contributed by atoms with Crippen LogP contribution in [-0.4, -0.2) is 26.3 Å². The highest BCUT2D eigenvalue weighted by Crippen LogP contribution is 2.22. The Balaban J connectivity index is 2.86. The largest absolute Gasteiger partial charge is 0.478 e. The van der Waals surface area contributed by atoms with E-state index in [0.29, 0.717) is 22.4 Å². The van der Waals surface area contributed by atoms with Crippen molar-refractivity contribution in [1.29, 1.82) is 0 Å². The van der Waals surface area contributed by atoms with Gasteiger partial charge in [-0.05, 0) is 12.5 Å². The van der Waals surface area contributed by atoms with Crippen LogP contribution in [0.3, 0.4) is 0 Å². The maximum atomic E-state index is 10.8. The predicted octanol–water partition coefficient (Wildman–Crippen LogP) is 0.547. The van der Waals surface area contributed by atoms with Gasteiger partial charge in [0.25, 0.3) is 0 Å². The molecule has 2 heterocycles. The number of anilines is 1. The van der Waals surface area contributed by atoms with Crippen molar-refractivity contribution >= 4 is 22.8 Å². The van der Waals surface area contributed by atoms with E-state index in [4.69, 9.17) is 10.8 Å². The first-order chi connectivity index (χ1) is 6.61. The Kier molecular flexibility index (Phi) is 1.63. The minimum atomic E-state index is -1.02. The van der Waals surface area contributed by atoms with Crippen molar-refractivity contribution in [3.8, 4) is 0 Å². The van der Waals surface area contributed by atoms with Crippen molar-refractivity contribution in [2.45, 2.75) is 6.92 Å². The zero-order chi connectivity index (χ0) is 10.3. The number of nitrogens with one attached hydrogen (secondary N) is 1. The van der Waals surface area contributed by atoms with E-state index in [2.05, 4.69) is 15.2 Å². The molecule has 0 saturated carbocycles. The summed E-state index contributed by atoms with van der Waals surface area (Å²) in [6.07, 6.45) is 1.28. The van der Waals surface area contributed by atoms with Crippen molar-refractivity contribution < 1.29 is 9.90 Å². The average molecular weight is 192 g/mol. The molecule has 0 atom stereocenters. The number of hydrogen-bond acceptors (Lipinski definition) is 4. The van der Waals surface area contributed by atoms with E-state index in [9.17, 15) is 4.79 Å². The van der Waals surface area contributed by atoms with Crippen LogP contribution in [0.25, 0.3) is 11.0 Å². The number of nitrogens with two attached hydrogens (primary N) is 1. The van der Waals surface area contributed by atoms with E-state index in [0.717, 1.165) is 0 Å². The number of aryl methyl sites for hydroxylation is 1. The first-order valence-corrected chi connectivity index (χ1v) is 3.93. The Morgan fingerprint density at radius 2 is 2.36 bits per heavy atom. The second-order valence-corrected chi connectivity index (χ2v) is 2.94. The molecule has 4 N–H and O–H groups in total. The lowest BCUT2D eigenvalue weighted by Gasteiger charge is -2.00. The number of carboxylic acids is 1. The number of hydrogen-bond donors (Lipinski definition) is 3. The first-order valence-electron chi connectivity index (χ1n) is 3.93. The van der Waals surface area contributed by atoms with Crippen LogP contribution in [0.15, 0.2) is 6.20 Å². The number of aromatic amines is 1. The molecule has 0 saturated heterocycles. The first kappa shape index (κ1) is 8.49. The fourth-order valence-electron chi connectivity index (χ4n) is 1.38. The Morgan fingerprint density at radius 3 is 3.00 bits per heavy atom. The summed E-state index contributed by atoms with van der Waals surface area (Å²) in [5, 5.41) is 15.8. The van der Waals surface area contributed by atoms with Gasteiger partial charge in [0.2, 0.25) is 0 Å². The van der Waals surface area contributed by atoms with Crippen molar-refractivity contribution in [2.24, 2.45) is 0 Å². The Labute approximate surface area is 78.8 Å². The molecular formula is C8H8N4O2. The number of nitrogen functional groups attached to an aromatic ring is 1. The van der Waals surface area contributed by atoms with Gasteiger partial charge in [0.05, 0.1) is 10.9 Å². The molecule has 0 bridgehead atoms. The Bertz CT molecular complexity index is 517. The number of carbonyl (C=O) groups is 1. The highest BCUT2D eigenvalue weighted by molar-refractivity contribution is 5.98. The number of H-pyrrole nitrogens is 1. The van der Waals surface area contributed by atoms with Gasteiger partial charge in [-0.25, -0.2) is 9.78 Å². The second kappa shape index (κ2) is 2.69. The lowest BCUT2D eigenvalue weighted by atomic mass is 10.1. The van der Waals surface area contributed by atoms with E-state index >= 15 is 0 Å². The van der Waals surface area contributed by atoms with E-state index in [1.54, 1.807) is 6.92 Å². The summed E-state index contributed by atoms with van der Waals surface area (Å²) in [5.41, 5.74) is 6.75. The molecule has 14 heavy (non-hydrogen) atoms. The molecule has 2 rings (SSSR count). The number of nitrogens with zero attached hydrogens (tertiary/aromatic N) is 2. The number of carboxylic acid groups (broad SMARTS) is 1. The van der Waals surface area contributed by atoms with Crippen LogP contribution in [0.1, 0.15) is 15.9 Å². The third-order valence-corrected chi connectivity index (χ3v) is 2.10. The van der Waals surface area contributed by atoms with E-state index in [1.807, 2.05) is 0 Å². The molecule has 0 aliphatic carbocycles. The Morgan fingerprint density at radius 1 is 1.64 bits per heavy atom. The highest BCUT2D eigenvalue weighted by Gasteiger charge is 2.14. The fraction of sp³-hybridized carbons (Fsp3) is 0.125.